The Morgan fingerprint density at radius 3 is 2.63 bits per heavy atom. The third-order valence-electron chi connectivity index (χ3n) is 4.86. The fourth-order valence-electron chi connectivity index (χ4n) is 3.43. The lowest BCUT2D eigenvalue weighted by Gasteiger charge is -2.40. The van der Waals surface area contributed by atoms with Crippen molar-refractivity contribution in [1.82, 2.24) is 10.6 Å². The van der Waals surface area contributed by atoms with Gasteiger partial charge in [0.25, 0.3) is 0 Å². The molecule has 1 fully saturated rings. The van der Waals surface area contributed by atoms with E-state index in [2.05, 4.69) is 10.6 Å². The van der Waals surface area contributed by atoms with E-state index in [0.29, 0.717) is 24.9 Å². The summed E-state index contributed by atoms with van der Waals surface area (Å²) in [7, 11) is 0. The molecule has 30 heavy (non-hydrogen) atoms. The molecule has 0 aromatic heterocycles. The summed E-state index contributed by atoms with van der Waals surface area (Å²) in [6.07, 6.45) is -2.53. The number of carbonyl (C=O) groups is 3. The summed E-state index contributed by atoms with van der Waals surface area (Å²) < 4.78 is 45.0. The fourth-order valence-corrected chi connectivity index (χ4v) is 3.43. The van der Waals surface area contributed by atoms with Gasteiger partial charge in [0.2, 0.25) is 5.91 Å². The van der Waals surface area contributed by atoms with Crippen LogP contribution in [0, 0.1) is 0 Å². The Morgan fingerprint density at radius 2 is 2.07 bits per heavy atom. The Bertz CT molecular complexity index is 763. The minimum atomic E-state index is -4.47. The van der Waals surface area contributed by atoms with Crippen LogP contribution < -0.4 is 10.6 Å². The van der Waals surface area contributed by atoms with E-state index in [0.717, 1.165) is 25.0 Å². The molecular weight excluding hydrogens is 405 g/mol. The smallest absolute Gasteiger partial charge is 0.416 e. The number of amides is 1. The zero-order valence-electron chi connectivity index (χ0n) is 16.5. The van der Waals surface area contributed by atoms with Gasteiger partial charge in [-0.2, -0.15) is 13.2 Å². The van der Waals surface area contributed by atoms with Gasteiger partial charge in [0, 0.05) is 13.0 Å². The fraction of sp³-hybridized carbons (Fsp3) is 0.550. The number of carboxylic acids is 1. The van der Waals surface area contributed by atoms with Crippen molar-refractivity contribution in [2.24, 2.45) is 0 Å². The molecule has 1 aromatic carbocycles. The highest BCUT2D eigenvalue weighted by molar-refractivity contribution is 5.85. The predicted octanol–water partition coefficient (Wildman–Crippen LogP) is 2.28. The molecular formula is C20H25F3N2O5. The van der Waals surface area contributed by atoms with Crippen LogP contribution in [0.15, 0.2) is 24.3 Å². The lowest BCUT2D eigenvalue weighted by molar-refractivity contribution is -0.139. The SMILES string of the molecule is C[C@H](NC1(Cc2cccc(C(F)(F)F)c2)CCCCO1)C(=O)N[C@H](C=O)CC(=O)O. The third kappa shape index (κ3) is 6.81. The molecule has 1 amide bonds. The van der Waals surface area contributed by atoms with E-state index in [4.69, 9.17) is 9.84 Å². The van der Waals surface area contributed by atoms with E-state index in [-0.39, 0.29) is 6.42 Å². The monoisotopic (exact) mass is 430 g/mol. The number of aliphatic carboxylic acids is 1. The van der Waals surface area contributed by atoms with Gasteiger partial charge in [0.05, 0.1) is 24.1 Å². The molecule has 1 heterocycles. The molecule has 1 aliphatic rings. The molecule has 0 aliphatic carbocycles. The predicted molar refractivity (Wildman–Crippen MR) is 101 cm³/mol. The highest BCUT2D eigenvalue weighted by atomic mass is 19.4. The van der Waals surface area contributed by atoms with Gasteiger partial charge in [-0.1, -0.05) is 18.2 Å². The zero-order valence-corrected chi connectivity index (χ0v) is 16.5. The van der Waals surface area contributed by atoms with E-state index in [1.54, 1.807) is 6.07 Å². The maximum absolute atomic E-state index is 13.0. The van der Waals surface area contributed by atoms with Crippen molar-refractivity contribution < 1.29 is 37.4 Å². The van der Waals surface area contributed by atoms with Crippen molar-refractivity contribution in [2.75, 3.05) is 6.61 Å². The van der Waals surface area contributed by atoms with Crippen LogP contribution in [0.5, 0.6) is 0 Å². The van der Waals surface area contributed by atoms with Crippen LogP contribution in [0.4, 0.5) is 13.2 Å². The molecule has 1 aliphatic heterocycles. The number of benzene rings is 1. The lowest BCUT2D eigenvalue weighted by Crippen LogP contribution is -2.59. The molecule has 10 heteroatoms. The summed E-state index contributed by atoms with van der Waals surface area (Å²) in [6.45, 7) is 1.90. The number of ether oxygens (including phenoxy) is 1. The van der Waals surface area contributed by atoms with Gasteiger partial charge in [0.1, 0.15) is 12.0 Å². The molecule has 0 radical (unpaired) electrons. The van der Waals surface area contributed by atoms with Crippen LogP contribution in [-0.4, -0.2) is 47.7 Å². The van der Waals surface area contributed by atoms with Gasteiger partial charge < -0.3 is 20.0 Å². The van der Waals surface area contributed by atoms with Crippen molar-refractivity contribution in [3.8, 4) is 0 Å². The van der Waals surface area contributed by atoms with Crippen molar-refractivity contribution in [2.45, 2.75) is 63.0 Å². The van der Waals surface area contributed by atoms with E-state index < -0.39 is 47.8 Å². The van der Waals surface area contributed by atoms with Crippen LogP contribution in [0.3, 0.4) is 0 Å². The Morgan fingerprint density at radius 1 is 1.33 bits per heavy atom. The number of hydrogen-bond donors (Lipinski definition) is 3. The van der Waals surface area contributed by atoms with Crippen LogP contribution in [0.2, 0.25) is 0 Å². The van der Waals surface area contributed by atoms with Gasteiger partial charge in [-0.3, -0.25) is 14.9 Å². The minimum absolute atomic E-state index is 0.112. The third-order valence-corrected chi connectivity index (χ3v) is 4.86. The summed E-state index contributed by atoms with van der Waals surface area (Å²) in [5, 5.41) is 14.2. The number of aldehydes is 1. The Balaban J connectivity index is 2.14. The normalized spacial score (nSPS) is 21.5. The zero-order chi connectivity index (χ0) is 22.4. The number of nitrogens with one attached hydrogen (secondary N) is 2. The molecule has 1 aromatic rings. The molecule has 0 saturated carbocycles. The molecule has 7 nitrogen and oxygen atoms in total. The second-order valence-electron chi connectivity index (χ2n) is 7.39. The van der Waals surface area contributed by atoms with Gasteiger partial charge in [-0.25, -0.2) is 0 Å². The number of carbonyl (C=O) groups excluding carboxylic acids is 2. The summed E-state index contributed by atoms with van der Waals surface area (Å²) in [4.78, 5) is 34.2. The standard InChI is InChI=1S/C20H25F3N2O5/c1-13(18(29)24-16(12-26)10-17(27)28)25-19(7-2-3-8-30-19)11-14-5-4-6-15(9-14)20(21,22)23/h4-6,9,12-13,16,25H,2-3,7-8,10-11H2,1H3,(H,24,29)(H,27,28)/t13-,16-,19?/m0/s1. The number of alkyl halides is 3. The van der Waals surface area contributed by atoms with E-state index in [1.807, 2.05) is 0 Å². The molecule has 166 valence electrons. The quantitative estimate of drug-likeness (QED) is 0.520. The number of carboxylic acid groups (broad SMARTS) is 1. The van der Waals surface area contributed by atoms with Gasteiger partial charge in [-0.05, 0) is 37.8 Å². The first-order valence-electron chi connectivity index (χ1n) is 9.60. The maximum atomic E-state index is 13.0. The van der Waals surface area contributed by atoms with Crippen molar-refractivity contribution in [3.05, 3.63) is 35.4 Å². The van der Waals surface area contributed by atoms with E-state index in [1.165, 1.54) is 13.0 Å². The van der Waals surface area contributed by atoms with E-state index >= 15 is 0 Å². The number of halogens is 3. The largest absolute Gasteiger partial charge is 0.481 e. The topological polar surface area (TPSA) is 105 Å². The van der Waals surface area contributed by atoms with E-state index in [9.17, 15) is 27.6 Å². The van der Waals surface area contributed by atoms with Crippen molar-refractivity contribution >= 4 is 18.2 Å². The molecule has 3 N–H and O–H groups in total. The molecule has 3 atom stereocenters. The first-order chi connectivity index (χ1) is 14.0. The average molecular weight is 430 g/mol. The van der Waals surface area contributed by atoms with Gasteiger partial charge >= 0.3 is 12.1 Å². The second kappa shape index (κ2) is 10.0. The molecule has 2 rings (SSSR count). The molecule has 0 bridgehead atoms. The van der Waals surface area contributed by atoms with Crippen LogP contribution >= 0.6 is 0 Å². The summed E-state index contributed by atoms with van der Waals surface area (Å²) in [5.41, 5.74) is -1.41. The Kier molecular flexibility index (Phi) is 7.96. The minimum Gasteiger partial charge on any atom is -0.481 e. The van der Waals surface area contributed by atoms with Gasteiger partial charge in [0.15, 0.2) is 0 Å². The Labute approximate surface area is 172 Å². The molecule has 1 unspecified atom stereocenters. The lowest BCUT2D eigenvalue weighted by atomic mass is 9.93. The molecule has 0 spiro atoms. The van der Waals surface area contributed by atoms with Crippen LogP contribution in [0.25, 0.3) is 0 Å². The summed E-state index contributed by atoms with van der Waals surface area (Å²) in [5.74, 6) is -1.84. The van der Waals surface area contributed by atoms with Gasteiger partial charge in [-0.15, -0.1) is 0 Å². The summed E-state index contributed by atoms with van der Waals surface area (Å²) in [6, 6.07) is 2.89. The van der Waals surface area contributed by atoms with Crippen LogP contribution in [-0.2, 0) is 31.7 Å². The number of rotatable bonds is 9. The van der Waals surface area contributed by atoms with Crippen molar-refractivity contribution in [1.29, 1.82) is 0 Å². The molecule has 1 saturated heterocycles. The first-order valence-corrected chi connectivity index (χ1v) is 9.60. The number of hydrogen-bond acceptors (Lipinski definition) is 5. The Hall–Kier alpha value is -2.46. The second-order valence-corrected chi connectivity index (χ2v) is 7.39. The average Bonchev–Trinajstić information content (AvgIpc) is 2.67. The maximum Gasteiger partial charge on any atom is 0.416 e. The highest BCUT2D eigenvalue weighted by Gasteiger charge is 2.37. The van der Waals surface area contributed by atoms with Crippen LogP contribution in [0.1, 0.15) is 43.7 Å². The summed E-state index contributed by atoms with van der Waals surface area (Å²) >= 11 is 0. The van der Waals surface area contributed by atoms with Crippen molar-refractivity contribution in [3.63, 3.8) is 0 Å². The first kappa shape index (κ1) is 23.8. The highest BCUT2D eigenvalue weighted by Crippen LogP contribution is 2.32.